The largest absolute Gasteiger partial charge is 0.381 e. The third kappa shape index (κ3) is 5.52. The summed E-state index contributed by atoms with van der Waals surface area (Å²) < 4.78 is 35.9. The third-order valence-corrected chi connectivity index (χ3v) is 9.29. The zero-order valence-corrected chi connectivity index (χ0v) is 22.6. The molecule has 198 valence electrons. The van der Waals surface area contributed by atoms with Gasteiger partial charge in [-0.1, -0.05) is 24.4 Å². The Balaban J connectivity index is 1.37. The first kappa shape index (κ1) is 26.1. The number of methoxy groups -OCH3 is 1. The van der Waals surface area contributed by atoms with Gasteiger partial charge in [-0.25, -0.2) is 18.1 Å². The van der Waals surface area contributed by atoms with Gasteiger partial charge in [0, 0.05) is 36.5 Å². The molecule has 0 saturated heterocycles. The fraction of sp³-hybridized carbons (Fsp3) is 0.500. The molecule has 9 nitrogen and oxygen atoms in total. The summed E-state index contributed by atoms with van der Waals surface area (Å²) >= 11 is 6.22. The molecule has 0 atom stereocenters. The Morgan fingerprint density at radius 1 is 1.08 bits per heavy atom. The van der Waals surface area contributed by atoms with Gasteiger partial charge in [-0.15, -0.1) is 0 Å². The van der Waals surface area contributed by atoms with E-state index in [2.05, 4.69) is 20.0 Å². The molecule has 0 amide bonds. The van der Waals surface area contributed by atoms with Crippen molar-refractivity contribution in [3.8, 4) is 0 Å². The summed E-state index contributed by atoms with van der Waals surface area (Å²) in [5.74, 6) is 0.327. The highest BCUT2D eigenvalue weighted by Gasteiger charge is 2.26. The topological polar surface area (TPSA) is 115 Å². The van der Waals surface area contributed by atoms with E-state index < -0.39 is 10.0 Å². The van der Waals surface area contributed by atoms with Crippen molar-refractivity contribution in [1.29, 1.82) is 0 Å². The van der Waals surface area contributed by atoms with E-state index in [1.165, 1.54) is 0 Å². The Bertz CT molecular complexity index is 1460. The number of aromatic nitrogens is 3. The van der Waals surface area contributed by atoms with Crippen LogP contribution in [0.3, 0.4) is 0 Å². The Kier molecular flexibility index (Phi) is 7.53. The number of fused-ring (bicyclic) bond motifs is 1. The Hall–Kier alpha value is -2.53. The lowest BCUT2D eigenvalue weighted by atomic mass is 9.94. The molecule has 2 aliphatic carbocycles. The molecular formula is C26H32ClN5O4S. The van der Waals surface area contributed by atoms with Crippen molar-refractivity contribution in [3.63, 3.8) is 0 Å². The molecule has 2 N–H and O–H groups in total. The van der Waals surface area contributed by atoms with Crippen molar-refractivity contribution >= 4 is 44.3 Å². The number of halogens is 1. The van der Waals surface area contributed by atoms with Gasteiger partial charge >= 0.3 is 0 Å². The van der Waals surface area contributed by atoms with E-state index in [-0.39, 0.29) is 33.7 Å². The van der Waals surface area contributed by atoms with Crippen molar-refractivity contribution in [3.05, 3.63) is 51.4 Å². The quantitative estimate of drug-likeness (QED) is 0.436. The predicted octanol–water partition coefficient (Wildman–Crippen LogP) is 4.85. The van der Waals surface area contributed by atoms with Crippen molar-refractivity contribution in [2.24, 2.45) is 0 Å². The van der Waals surface area contributed by atoms with Crippen LogP contribution in [0.2, 0.25) is 5.02 Å². The number of pyridine rings is 1. The Morgan fingerprint density at radius 3 is 2.49 bits per heavy atom. The van der Waals surface area contributed by atoms with Crippen LogP contribution in [0.15, 0.2) is 40.2 Å². The second-order valence-corrected chi connectivity index (χ2v) is 12.1. The molecule has 0 spiro atoms. The molecule has 1 aromatic carbocycles. The van der Waals surface area contributed by atoms with E-state index in [4.69, 9.17) is 16.3 Å². The summed E-state index contributed by atoms with van der Waals surface area (Å²) in [6.07, 6.45) is 9.03. The smallest absolute Gasteiger partial charge is 0.271 e. The summed E-state index contributed by atoms with van der Waals surface area (Å²) in [7, 11) is -1.95. The SMILES string of the molecule is COC1CCC(NS(=O)(=O)c2ccc(Nc3ncc4cc(Cl)c(=O)n(C5CCCC5)c4n3)c(C)c2)CC1. The van der Waals surface area contributed by atoms with Gasteiger partial charge in [0.2, 0.25) is 16.0 Å². The number of benzene rings is 1. The van der Waals surface area contributed by atoms with Crippen molar-refractivity contribution in [2.45, 2.75) is 81.4 Å². The average Bonchev–Trinajstić information content (AvgIpc) is 3.41. The molecular weight excluding hydrogens is 514 g/mol. The minimum Gasteiger partial charge on any atom is -0.381 e. The predicted molar refractivity (Wildman–Crippen MR) is 144 cm³/mol. The van der Waals surface area contributed by atoms with Crippen LogP contribution in [0, 0.1) is 6.92 Å². The number of sulfonamides is 1. The summed E-state index contributed by atoms with van der Waals surface area (Å²) in [4.78, 5) is 22.2. The molecule has 11 heteroatoms. The molecule has 2 aliphatic rings. The summed E-state index contributed by atoms with van der Waals surface area (Å²) in [6, 6.07) is 6.51. The van der Waals surface area contributed by atoms with Gasteiger partial charge in [0.1, 0.15) is 10.7 Å². The van der Waals surface area contributed by atoms with E-state index >= 15 is 0 Å². The lowest BCUT2D eigenvalue weighted by Crippen LogP contribution is -2.38. The summed E-state index contributed by atoms with van der Waals surface area (Å²) in [5.41, 5.74) is 1.73. The number of hydrogen-bond donors (Lipinski definition) is 2. The minimum atomic E-state index is -3.65. The van der Waals surface area contributed by atoms with Crippen LogP contribution in [0.5, 0.6) is 0 Å². The second-order valence-electron chi connectivity index (χ2n) is 10.0. The first-order valence-corrected chi connectivity index (χ1v) is 14.6. The highest BCUT2D eigenvalue weighted by atomic mass is 35.5. The molecule has 2 aromatic heterocycles. The van der Waals surface area contributed by atoms with Gasteiger partial charge in [-0.05, 0) is 75.3 Å². The Morgan fingerprint density at radius 2 is 1.81 bits per heavy atom. The monoisotopic (exact) mass is 545 g/mol. The second kappa shape index (κ2) is 10.7. The highest BCUT2D eigenvalue weighted by Crippen LogP contribution is 2.32. The molecule has 0 unspecified atom stereocenters. The highest BCUT2D eigenvalue weighted by molar-refractivity contribution is 7.89. The summed E-state index contributed by atoms with van der Waals surface area (Å²) in [6.45, 7) is 1.83. The van der Waals surface area contributed by atoms with Crippen LogP contribution < -0.4 is 15.6 Å². The number of ether oxygens (including phenoxy) is 1. The van der Waals surface area contributed by atoms with E-state index in [1.807, 2.05) is 6.92 Å². The minimum absolute atomic E-state index is 0.0692. The summed E-state index contributed by atoms with van der Waals surface area (Å²) in [5, 5.41) is 4.05. The van der Waals surface area contributed by atoms with Crippen LogP contribution >= 0.6 is 11.6 Å². The lowest BCUT2D eigenvalue weighted by molar-refractivity contribution is 0.0649. The number of hydrogen-bond acceptors (Lipinski definition) is 7. The van der Waals surface area contributed by atoms with Gasteiger partial charge < -0.3 is 10.1 Å². The number of rotatable bonds is 7. The van der Waals surface area contributed by atoms with E-state index in [0.717, 1.165) is 56.9 Å². The van der Waals surface area contributed by atoms with E-state index in [0.29, 0.717) is 22.7 Å². The standard InChI is InChI=1S/C26H32ClN5O4S/c1-16-13-21(37(34,35)31-18-7-9-20(36-2)10-8-18)11-12-23(16)29-26-28-15-17-14-22(27)25(33)32(24(17)30-26)19-5-3-4-6-19/h11-15,18-20,31H,3-10H2,1-2H3,(H,28,29,30). The van der Waals surface area contributed by atoms with Crippen molar-refractivity contribution in [1.82, 2.24) is 19.3 Å². The zero-order valence-electron chi connectivity index (χ0n) is 21.0. The maximum atomic E-state index is 13.0. The van der Waals surface area contributed by atoms with Crippen LogP contribution in [-0.4, -0.2) is 42.2 Å². The fourth-order valence-electron chi connectivity index (χ4n) is 5.42. The van der Waals surface area contributed by atoms with Gasteiger partial charge in [0.25, 0.3) is 5.56 Å². The van der Waals surface area contributed by atoms with Crippen LogP contribution in [0.4, 0.5) is 11.6 Å². The van der Waals surface area contributed by atoms with Gasteiger partial charge in [-0.2, -0.15) is 4.98 Å². The maximum absolute atomic E-state index is 13.0. The van der Waals surface area contributed by atoms with Gasteiger partial charge in [0.05, 0.1) is 11.0 Å². The first-order chi connectivity index (χ1) is 17.7. The molecule has 3 aromatic rings. The molecule has 0 radical (unpaired) electrons. The molecule has 37 heavy (non-hydrogen) atoms. The molecule has 2 fully saturated rings. The normalized spacial score (nSPS) is 20.9. The molecule has 0 aliphatic heterocycles. The van der Waals surface area contributed by atoms with Crippen LogP contribution in [0.25, 0.3) is 11.0 Å². The number of nitrogens with zero attached hydrogens (tertiary/aromatic N) is 3. The van der Waals surface area contributed by atoms with E-state index in [1.54, 1.807) is 42.1 Å². The molecule has 0 bridgehead atoms. The maximum Gasteiger partial charge on any atom is 0.271 e. The third-order valence-electron chi connectivity index (χ3n) is 7.50. The number of aryl methyl sites for hydroxylation is 1. The van der Waals surface area contributed by atoms with Crippen LogP contribution in [0.1, 0.15) is 63.0 Å². The molecule has 5 rings (SSSR count). The molecule has 2 saturated carbocycles. The van der Waals surface area contributed by atoms with Gasteiger partial charge in [0.15, 0.2) is 0 Å². The average molecular weight is 546 g/mol. The lowest BCUT2D eigenvalue weighted by Gasteiger charge is -2.28. The van der Waals surface area contributed by atoms with Crippen molar-refractivity contribution in [2.75, 3.05) is 12.4 Å². The van der Waals surface area contributed by atoms with Crippen LogP contribution in [-0.2, 0) is 14.8 Å². The number of anilines is 2. The van der Waals surface area contributed by atoms with E-state index in [9.17, 15) is 13.2 Å². The number of nitrogens with one attached hydrogen (secondary N) is 2. The van der Waals surface area contributed by atoms with Gasteiger partial charge in [-0.3, -0.25) is 9.36 Å². The first-order valence-electron chi connectivity index (χ1n) is 12.8. The van der Waals surface area contributed by atoms with Crippen molar-refractivity contribution < 1.29 is 13.2 Å². The zero-order chi connectivity index (χ0) is 26.2. The molecule has 2 heterocycles. The Labute approximate surface area is 221 Å². The fourth-order valence-corrected chi connectivity index (χ4v) is 7.01.